The van der Waals surface area contributed by atoms with E-state index in [0.717, 1.165) is 36.2 Å². The molecule has 1 amide bonds. The Morgan fingerprint density at radius 2 is 2.00 bits per heavy atom. The summed E-state index contributed by atoms with van der Waals surface area (Å²) < 4.78 is 2.31. The van der Waals surface area contributed by atoms with Gasteiger partial charge in [0.15, 0.2) is 0 Å². The second-order valence-electron chi connectivity index (χ2n) is 6.93. The number of hydrogen-bond acceptors (Lipinski definition) is 2. The van der Waals surface area contributed by atoms with Crippen molar-refractivity contribution in [3.63, 3.8) is 0 Å². The van der Waals surface area contributed by atoms with E-state index < -0.39 is 0 Å². The number of amides is 1. The second-order valence-corrected chi connectivity index (χ2v) is 6.93. The molecule has 0 unspecified atom stereocenters. The zero-order valence-corrected chi connectivity index (χ0v) is 16.3. The summed E-state index contributed by atoms with van der Waals surface area (Å²) in [4.78, 5) is 16.4. The maximum atomic E-state index is 11.6. The number of hydrogen-bond donors (Lipinski definition) is 1. The van der Waals surface area contributed by atoms with Crippen LogP contribution in [-0.4, -0.2) is 22.0 Å². The Kier molecular flexibility index (Phi) is 6.07. The van der Waals surface area contributed by atoms with E-state index in [1.54, 1.807) is 12.2 Å². The van der Waals surface area contributed by atoms with Gasteiger partial charge in [-0.1, -0.05) is 42.0 Å². The van der Waals surface area contributed by atoms with Gasteiger partial charge in [0.1, 0.15) is 5.82 Å². The Morgan fingerprint density at radius 3 is 2.81 bits per heavy atom. The molecule has 0 fully saturated rings. The normalized spacial score (nSPS) is 11.4. The molecular weight excluding hydrogens is 334 g/mol. The lowest BCUT2D eigenvalue weighted by Gasteiger charge is -2.12. The molecule has 3 rings (SSSR count). The van der Waals surface area contributed by atoms with Gasteiger partial charge < -0.3 is 9.88 Å². The fraction of sp³-hybridized carbons (Fsp3) is 0.304. The fourth-order valence-corrected chi connectivity index (χ4v) is 3.30. The molecule has 27 heavy (non-hydrogen) atoms. The predicted molar refractivity (Wildman–Crippen MR) is 111 cm³/mol. The summed E-state index contributed by atoms with van der Waals surface area (Å²) in [5.74, 6) is 1.03. The van der Waals surface area contributed by atoms with Gasteiger partial charge in [0, 0.05) is 19.5 Å². The highest BCUT2D eigenvalue weighted by molar-refractivity contribution is 5.87. The van der Waals surface area contributed by atoms with E-state index in [1.807, 2.05) is 13.0 Å². The van der Waals surface area contributed by atoms with Crippen LogP contribution in [0.5, 0.6) is 0 Å². The van der Waals surface area contributed by atoms with E-state index in [1.165, 1.54) is 16.7 Å². The highest BCUT2D eigenvalue weighted by Gasteiger charge is 2.12. The first-order chi connectivity index (χ1) is 13.1. The van der Waals surface area contributed by atoms with Gasteiger partial charge in [0.05, 0.1) is 11.0 Å². The first-order valence-corrected chi connectivity index (χ1v) is 9.49. The highest BCUT2D eigenvalue weighted by Crippen LogP contribution is 2.21. The summed E-state index contributed by atoms with van der Waals surface area (Å²) >= 11 is 0. The van der Waals surface area contributed by atoms with Crippen LogP contribution in [0.4, 0.5) is 0 Å². The largest absolute Gasteiger partial charge is 0.353 e. The molecule has 140 valence electrons. The molecule has 2 aromatic carbocycles. The number of carbonyl (C=O) groups excluding carboxylic acids is 1. The number of benzene rings is 2. The standard InChI is InChI=1S/C23H27N3O/c1-4-8-23(27)24-14-7-11-22-25-20-9-5-6-10-21(20)26(22)16-19-15-17(2)12-13-18(19)3/h4-6,8-10,12-13,15H,7,11,14,16H2,1-3H3,(H,24,27)/b8-4-. The topological polar surface area (TPSA) is 46.9 Å². The number of aryl methyl sites for hydroxylation is 3. The molecule has 0 aliphatic carbocycles. The van der Waals surface area contributed by atoms with Gasteiger partial charge in [0.25, 0.3) is 0 Å². The Labute approximate surface area is 160 Å². The van der Waals surface area contributed by atoms with Gasteiger partial charge in [-0.25, -0.2) is 4.98 Å². The number of fused-ring (bicyclic) bond motifs is 1. The molecule has 0 spiro atoms. The summed E-state index contributed by atoms with van der Waals surface area (Å²) in [6.07, 6.45) is 4.99. The van der Waals surface area contributed by atoms with Crippen LogP contribution >= 0.6 is 0 Å². The van der Waals surface area contributed by atoms with E-state index in [-0.39, 0.29) is 5.91 Å². The molecule has 0 aliphatic rings. The minimum absolute atomic E-state index is 0.0404. The molecule has 4 heteroatoms. The van der Waals surface area contributed by atoms with Crippen LogP contribution in [0.25, 0.3) is 11.0 Å². The monoisotopic (exact) mass is 361 g/mol. The third kappa shape index (κ3) is 4.64. The van der Waals surface area contributed by atoms with Crippen molar-refractivity contribution in [3.8, 4) is 0 Å². The molecule has 0 radical (unpaired) electrons. The number of carbonyl (C=O) groups is 1. The molecule has 0 saturated carbocycles. The molecule has 1 heterocycles. The SMILES string of the molecule is C/C=C\C(=O)NCCCc1nc2ccccc2n1Cc1cc(C)ccc1C. The quantitative estimate of drug-likeness (QED) is 0.503. The zero-order chi connectivity index (χ0) is 19.2. The third-order valence-corrected chi connectivity index (χ3v) is 4.76. The number of rotatable bonds is 7. The van der Waals surface area contributed by atoms with Crippen LogP contribution in [0.3, 0.4) is 0 Å². The molecule has 0 bridgehead atoms. The molecule has 0 atom stereocenters. The summed E-state index contributed by atoms with van der Waals surface area (Å²) in [6, 6.07) is 14.9. The first-order valence-electron chi connectivity index (χ1n) is 9.49. The fourth-order valence-electron chi connectivity index (χ4n) is 3.30. The smallest absolute Gasteiger partial charge is 0.243 e. The molecule has 4 nitrogen and oxygen atoms in total. The van der Waals surface area contributed by atoms with Crippen LogP contribution in [-0.2, 0) is 17.8 Å². The lowest BCUT2D eigenvalue weighted by atomic mass is 10.1. The average molecular weight is 361 g/mol. The Bertz CT molecular complexity index is 969. The van der Waals surface area contributed by atoms with Crippen molar-refractivity contribution in [2.75, 3.05) is 6.54 Å². The van der Waals surface area contributed by atoms with E-state index in [9.17, 15) is 4.79 Å². The Morgan fingerprint density at radius 1 is 1.19 bits per heavy atom. The minimum Gasteiger partial charge on any atom is -0.353 e. The number of nitrogens with one attached hydrogen (secondary N) is 1. The van der Waals surface area contributed by atoms with Crippen molar-refractivity contribution < 1.29 is 4.79 Å². The van der Waals surface area contributed by atoms with Crippen LogP contribution in [0.1, 0.15) is 35.9 Å². The van der Waals surface area contributed by atoms with Gasteiger partial charge in [-0.2, -0.15) is 0 Å². The highest BCUT2D eigenvalue weighted by atomic mass is 16.1. The Hall–Kier alpha value is -2.88. The molecule has 0 aliphatic heterocycles. The van der Waals surface area contributed by atoms with Gasteiger partial charge in [0.2, 0.25) is 5.91 Å². The van der Waals surface area contributed by atoms with Crippen molar-refractivity contribution in [1.29, 1.82) is 0 Å². The van der Waals surface area contributed by atoms with E-state index >= 15 is 0 Å². The second kappa shape index (κ2) is 8.67. The molecule has 1 aromatic heterocycles. The summed E-state index contributed by atoms with van der Waals surface area (Å²) in [5, 5.41) is 2.91. The van der Waals surface area contributed by atoms with Crippen molar-refractivity contribution in [1.82, 2.24) is 14.9 Å². The molecule has 1 N–H and O–H groups in total. The summed E-state index contributed by atoms with van der Waals surface area (Å²) in [7, 11) is 0. The summed E-state index contributed by atoms with van der Waals surface area (Å²) in [5.41, 5.74) is 6.07. The van der Waals surface area contributed by atoms with E-state index in [2.05, 4.69) is 60.1 Å². The molecule has 0 saturated heterocycles. The predicted octanol–water partition coefficient (Wildman–Crippen LogP) is 4.33. The van der Waals surface area contributed by atoms with Crippen LogP contribution in [0, 0.1) is 13.8 Å². The number of para-hydroxylation sites is 2. The first kappa shape index (κ1) is 18.9. The van der Waals surface area contributed by atoms with Crippen LogP contribution in [0.15, 0.2) is 54.6 Å². The number of aromatic nitrogens is 2. The van der Waals surface area contributed by atoms with Gasteiger partial charge in [-0.05, 0) is 56.5 Å². The molecular formula is C23H27N3O. The van der Waals surface area contributed by atoms with Crippen molar-refractivity contribution in [3.05, 3.63) is 77.1 Å². The third-order valence-electron chi connectivity index (χ3n) is 4.76. The van der Waals surface area contributed by atoms with E-state index in [4.69, 9.17) is 4.98 Å². The van der Waals surface area contributed by atoms with Crippen LogP contribution in [0.2, 0.25) is 0 Å². The number of imidazole rings is 1. The summed E-state index contributed by atoms with van der Waals surface area (Å²) in [6.45, 7) is 7.59. The van der Waals surface area contributed by atoms with Gasteiger partial charge in [-0.3, -0.25) is 4.79 Å². The molecule has 3 aromatic rings. The number of allylic oxidation sites excluding steroid dienone is 1. The maximum absolute atomic E-state index is 11.6. The van der Waals surface area contributed by atoms with E-state index in [0.29, 0.717) is 6.54 Å². The van der Waals surface area contributed by atoms with Crippen molar-refractivity contribution in [2.24, 2.45) is 0 Å². The zero-order valence-electron chi connectivity index (χ0n) is 16.3. The van der Waals surface area contributed by atoms with Gasteiger partial charge >= 0.3 is 0 Å². The lowest BCUT2D eigenvalue weighted by Crippen LogP contribution is -2.22. The average Bonchev–Trinajstić information content (AvgIpc) is 3.00. The number of nitrogens with zero attached hydrogens (tertiary/aromatic N) is 2. The maximum Gasteiger partial charge on any atom is 0.243 e. The van der Waals surface area contributed by atoms with Crippen LogP contribution < -0.4 is 5.32 Å². The lowest BCUT2D eigenvalue weighted by molar-refractivity contribution is -0.116. The Balaban J connectivity index is 1.81. The minimum atomic E-state index is -0.0404. The van der Waals surface area contributed by atoms with Gasteiger partial charge in [-0.15, -0.1) is 0 Å². The van der Waals surface area contributed by atoms with Crippen molar-refractivity contribution >= 4 is 16.9 Å². The van der Waals surface area contributed by atoms with Crippen molar-refractivity contribution in [2.45, 2.75) is 40.2 Å².